The predicted octanol–water partition coefficient (Wildman–Crippen LogP) is 22.1. The van der Waals surface area contributed by atoms with Crippen molar-refractivity contribution < 1.29 is 49.9 Å². The zero-order chi connectivity index (χ0) is 71.9. The second kappa shape index (κ2) is 21.6. The molecule has 7 heteroatoms. The van der Waals surface area contributed by atoms with Gasteiger partial charge in [0.05, 0.1) is 23.6 Å². The van der Waals surface area contributed by atoms with Crippen LogP contribution in [0, 0.1) is 32.2 Å². The molecule has 0 fully saturated rings. The van der Waals surface area contributed by atoms with Gasteiger partial charge < -0.3 is 18.3 Å². The molecular formula is C86H68N4O2Pt-2. The standard InChI is InChI=1S/C86H68N4O2.Pt/c1-52-21-19-22-53(2)81(52)57-43-67(54-23-11-10-12-24-54)82-72(44-57)69-50-74-73(85(6,7)38-39-86(74,8)9)49-68(69)62-27-13-14-28-63(62)71-42-56(55-33-36-79-70(41-55)66-30-16-18-32-78(66)92-79)45-77-83(71)89(82)51-88(77)59-25-20-26-60(47-59)91-61-34-35-65-64-29-15-17-31-75(64)90(76(65)48-61)80-46-58(37-40-87-80)84(3,4)5;/h10-37,40-46,49-50H,38-39H2,1-9H3;/q-2;/i1D3,2D3,10D,11D,12D,23D,24D;. The van der Waals surface area contributed by atoms with Crippen molar-refractivity contribution in [1.29, 1.82) is 0 Å². The van der Waals surface area contributed by atoms with Gasteiger partial charge in [0.2, 0.25) is 0 Å². The molecule has 0 amide bonds. The molecule has 15 aromatic rings. The van der Waals surface area contributed by atoms with Crippen molar-refractivity contribution in [3.05, 3.63) is 271 Å². The van der Waals surface area contributed by atoms with E-state index in [0.717, 1.165) is 112 Å². The van der Waals surface area contributed by atoms with Gasteiger partial charge in [-0.05, 0) is 209 Å². The number of hydrogen-bond donors (Lipinski definition) is 0. The average Bonchev–Trinajstić information content (AvgIpc) is 1.50. The molecule has 0 saturated carbocycles. The molecule has 0 spiro atoms. The summed E-state index contributed by atoms with van der Waals surface area (Å²) in [5.74, 6) is 1.51. The first-order valence-corrected chi connectivity index (χ1v) is 31.3. The summed E-state index contributed by atoms with van der Waals surface area (Å²) in [7, 11) is 0. The fourth-order valence-corrected chi connectivity index (χ4v) is 14.5. The molecule has 0 atom stereocenters. The Balaban J connectivity index is 0.00000833. The van der Waals surface area contributed by atoms with Crippen LogP contribution >= 0.6 is 0 Å². The number of rotatable bonds is 7. The third kappa shape index (κ3) is 9.46. The van der Waals surface area contributed by atoms with Gasteiger partial charge in [-0.2, -0.15) is 18.2 Å². The second-order valence-electron chi connectivity index (χ2n) is 27.0. The minimum atomic E-state index is -2.85. The molecule has 17 rings (SSSR count). The van der Waals surface area contributed by atoms with E-state index in [2.05, 4.69) is 144 Å². The maximum absolute atomic E-state index is 9.97. The maximum atomic E-state index is 9.97. The van der Waals surface area contributed by atoms with Gasteiger partial charge in [-0.1, -0.05) is 181 Å². The van der Waals surface area contributed by atoms with Crippen LogP contribution in [0.2, 0.25) is 0 Å². The van der Waals surface area contributed by atoms with E-state index in [4.69, 9.17) is 23.7 Å². The molecule has 456 valence electrons. The van der Waals surface area contributed by atoms with Crippen LogP contribution in [0.15, 0.2) is 229 Å². The molecule has 6 nitrogen and oxygen atoms in total. The molecule has 0 unspecified atom stereocenters. The third-order valence-electron chi connectivity index (χ3n) is 19.3. The van der Waals surface area contributed by atoms with Crippen molar-refractivity contribution in [3.63, 3.8) is 0 Å². The van der Waals surface area contributed by atoms with Crippen LogP contribution in [0.3, 0.4) is 0 Å². The van der Waals surface area contributed by atoms with E-state index in [9.17, 15) is 5.48 Å². The maximum Gasteiger partial charge on any atom is 0.268 e. The molecule has 5 heterocycles. The molecule has 0 radical (unpaired) electrons. The smallest absolute Gasteiger partial charge is 0.268 e. The first-order chi connectivity index (χ1) is 49.0. The summed E-state index contributed by atoms with van der Waals surface area (Å²) in [5, 5.41) is 3.87. The zero-order valence-electron chi connectivity index (χ0n) is 63.3. The average molecular weight is 1400 g/mol. The van der Waals surface area contributed by atoms with Gasteiger partial charge in [0.15, 0.2) is 0 Å². The van der Waals surface area contributed by atoms with Gasteiger partial charge in [-0.3, -0.25) is 4.57 Å². The van der Waals surface area contributed by atoms with E-state index < -0.39 is 43.9 Å². The fraction of sp³-hybridized carbons (Fsp3) is 0.163. The van der Waals surface area contributed by atoms with Gasteiger partial charge in [0.25, 0.3) is 6.33 Å². The molecule has 4 aromatic heterocycles. The van der Waals surface area contributed by atoms with Crippen LogP contribution in [0.4, 0.5) is 0 Å². The zero-order valence-corrected chi connectivity index (χ0v) is 54.6. The molecule has 11 aromatic carbocycles. The Morgan fingerprint density at radius 1 is 0.548 bits per heavy atom. The summed E-state index contributed by atoms with van der Waals surface area (Å²) in [6.45, 7) is 9.85. The molecule has 1 aliphatic heterocycles. The van der Waals surface area contributed by atoms with E-state index in [1.165, 1.54) is 18.2 Å². The number of hydrogen-bond acceptors (Lipinski definition) is 3. The number of nitrogens with zero attached hydrogens (tertiary/aromatic N) is 4. The predicted molar refractivity (Wildman–Crippen MR) is 377 cm³/mol. The van der Waals surface area contributed by atoms with Crippen molar-refractivity contribution in [2.75, 3.05) is 0 Å². The van der Waals surface area contributed by atoms with Gasteiger partial charge in [0, 0.05) is 63.3 Å². The Bertz CT molecular complexity index is 6090. The van der Waals surface area contributed by atoms with Crippen LogP contribution in [-0.4, -0.2) is 14.1 Å². The molecule has 0 bridgehead atoms. The van der Waals surface area contributed by atoms with Crippen LogP contribution in [0.25, 0.3) is 139 Å². The molecule has 93 heavy (non-hydrogen) atoms. The van der Waals surface area contributed by atoms with E-state index >= 15 is 0 Å². The summed E-state index contributed by atoms with van der Waals surface area (Å²) >= 11 is 0. The number of aryl methyl sites for hydroxylation is 2. The molecule has 1 aliphatic carbocycles. The van der Waals surface area contributed by atoms with E-state index in [-0.39, 0.29) is 70.7 Å². The van der Waals surface area contributed by atoms with Gasteiger partial charge >= 0.3 is 0 Å². The largest absolute Gasteiger partial charge is 0.510 e. The van der Waals surface area contributed by atoms with Crippen LogP contribution in [0.1, 0.15) is 104 Å². The summed E-state index contributed by atoms with van der Waals surface area (Å²) in [6.07, 6.45) is 7.44. The summed E-state index contributed by atoms with van der Waals surface area (Å²) in [4.78, 5) is 4.91. The Kier molecular flexibility index (Phi) is 10.9. The molecule has 0 N–H and O–H groups in total. The van der Waals surface area contributed by atoms with Gasteiger partial charge in [-0.25, -0.2) is 4.98 Å². The van der Waals surface area contributed by atoms with Crippen molar-refractivity contribution in [2.24, 2.45) is 0 Å². The number of furan rings is 1. The number of aromatic nitrogens is 4. The number of imidazole rings is 1. The van der Waals surface area contributed by atoms with Crippen LogP contribution in [-0.2, 0) is 37.3 Å². The summed E-state index contributed by atoms with van der Waals surface area (Å²) in [5.41, 5.74) is 13.2. The Labute approximate surface area is 573 Å². The van der Waals surface area contributed by atoms with Crippen molar-refractivity contribution in [2.45, 2.75) is 91.3 Å². The summed E-state index contributed by atoms with van der Waals surface area (Å²) < 4.78 is 121. The quantitative estimate of drug-likeness (QED) is 0.118. The van der Waals surface area contributed by atoms with Crippen molar-refractivity contribution in [1.82, 2.24) is 14.1 Å². The summed E-state index contributed by atoms with van der Waals surface area (Å²) in [6, 6.07) is 65.3. The minimum absolute atomic E-state index is 0. The van der Waals surface area contributed by atoms with Crippen molar-refractivity contribution in [3.8, 4) is 95.5 Å². The Hall–Kier alpha value is -9.87. The fourth-order valence-electron chi connectivity index (χ4n) is 14.5. The topological polar surface area (TPSA) is 49.0 Å². The monoisotopic (exact) mass is 1390 g/mol. The number of pyridine rings is 1. The normalized spacial score (nSPS) is 15.8. The van der Waals surface area contributed by atoms with Gasteiger partial charge in [0.1, 0.15) is 17.0 Å². The number of para-hydroxylation sites is 2. The number of ether oxygens (including phenoxy) is 1. The number of benzene rings is 11. The Morgan fingerprint density at radius 3 is 1.98 bits per heavy atom. The third-order valence-corrected chi connectivity index (χ3v) is 19.3. The second-order valence-corrected chi connectivity index (χ2v) is 27.0. The first kappa shape index (κ1) is 47.1. The van der Waals surface area contributed by atoms with E-state index in [0.29, 0.717) is 45.0 Å². The Morgan fingerprint density at radius 2 is 1.22 bits per heavy atom. The van der Waals surface area contributed by atoms with E-state index in [1.54, 1.807) is 6.07 Å². The SMILES string of the molecule is [2H]c1c([2H])c([2H])c(-c2cc(-c3c(C([2H])([2H])[2H])cccc3C([2H])([2H])[2H])cc3c2-[n+]2[c-]n(-c4[c-]c(Oc5[c-]c6c(cc5)c5ccccc5n6-c5cc(C(C)(C)C)ccn5)ccc4)c4cc(-c5ccc6oc7ccccc7c6c5)cc(c42)-c2ccccc2-c2cc4c(cc2-3)C(C)(C)CCC4(C)C)c([2H])c1[2H].[Pt]. The molecular weight excluding hydrogens is 1320 g/mol. The van der Waals surface area contributed by atoms with Crippen molar-refractivity contribution >= 4 is 54.8 Å². The van der Waals surface area contributed by atoms with Crippen LogP contribution in [0.5, 0.6) is 11.5 Å². The van der Waals surface area contributed by atoms with Crippen LogP contribution < -0.4 is 9.30 Å². The molecule has 0 saturated heterocycles. The minimum Gasteiger partial charge on any atom is -0.510 e. The van der Waals surface area contributed by atoms with Gasteiger partial charge in [-0.15, -0.1) is 29.7 Å². The number of fused-ring (bicyclic) bond motifs is 14. The first-order valence-electron chi connectivity index (χ1n) is 36.8. The molecule has 2 aliphatic rings. The van der Waals surface area contributed by atoms with E-state index in [1.807, 2.05) is 106 Å².